The Bertz CT molecular complexity index is 908. The molecule has 2 spiro atoms. The summed E-state index contributed by atoms with van der Waals surface area (Å²) in [6.07, 6.45) is 7.73. The third-order valence-corrected chi connectivity index (χ3v) is 7.43. The van der Waals surface area contributed by atoms with Crippen molar-refractivity contribution in [2.45, 2.75) is 55.5 Å². The highest BCUT2D eigenvalue weighted by Crippen LogP contribution is 2.67. The van der Waals surface area contributed by atoms with Crippen LogP contribution in [0.1, 0.15) is 53.6 Å². The van der Waals surface area contributed by atoms with Gasteiger partial charge in [-0.2, -0.15) is 0 Å². The van der Waals surface area contributed by atoms with Gasteiger partial charge in [0.2, 0.25) is 0 Å². The Balaban J connectivity index is 1.37. The molecule has 2 unspecified atom stereocenters. The summed E-state index contributed by atoms with van der Waals surface area (Å²) < 4.78 is 5.73. The number of carbonyl (C=O) groups excluding carboxylic acids is 1. The lowest BCUT2D eigenvalue weighted by Gasteiger charge is -2.45. The van der Waals surface area contributed by atoms with Crippen molar-refractivity contribution in [2.24, 2.45) is 5.92 Å². The molecule has 1 aliphatic heterocycles. The molecule has 132 valence electrons. The van der Waals surface area contributed by atoms with Crippen LogP contribution in [-0.2, 0) is 11.8 Å². The van der Waals surface area contributed by atoms with Crippen LogP contribution in [0.5, 0.6) is 5.75 Å². The fourth-order valence-electron chi connectivity index (χ4n) is 6.42. The molecule has 6 rings (SSSR count). The zero-order valence-corrected chi connectivity index (χ0v) is 14.8. The maximum absolute atomic E-state index is 12.4. The van der Waals surface area contributed by atoms with Gasteiger partial charge in [0.15, 0.2) is 0 Å². The fourth-order valence-corrected chi connectivity index (χ4v) is 6.42. The van der Waals surface area contributed by atoms with Crippen molar-refractivity contribution in [1.82, 2.24) is 5.32 Å². The van der Waals surface area contributed by atoms with Crippen LogP contribution >= 0.6 is 0 Å². The van der Waals surface area contributed by atoms with Crippen molar-refractivity contribution in [3.05, 3.63) is 65.2 Å². The van der Waals surface area contributed by atoms with Gasteiger partial charge in [0, 0.05) is 17.0 Å². The first kappa shape index (κ1) is 15.0. The number of carbonyl (C=O) groups is 1. The molecule has 1 N–H and O–H groups in total. The Morgan fingerprint density at radius 1 is 1.12 bits per heavy atom. The topological polar surface area (TPSA) is 48.2 Å². The van der Waals surface area contributed by atoms with Crippen molar-refractivity contribution in [3.63, 3.8) is 0 Å². The monoisotopic (exact) mass is 345 g/mol. The minimum Gasteiger partial charge on any atom is -0.423 e. The largest absolute Gasteiger partial charge is 0.423 e. The van der Waals surface area contributed by atoms with Crippen molar-refractivity contribution in [3.8, 4) is 5.75 Å². The van der Waals surface area contributed by atoms with Crippen molar-refractivity contribution < 1.29 is 9.53 Å². The van der Waals surface area contributed by atoms with E-state index in [2.05, 4.69) is 17.4 Å². The van der Waals surface area contributed by atoms with E-state index in [1.807, 2.05) is 24.3 Å². The second kappa shape index (κ2) is 4.98. The van der Waals surface area contributed by atoms with E-state index in [4.69, 9.17) is 4.74 Å². The number of hydrogen-bond donors (Lipinski definition) is 1. The van der Waals surface area contributed by atoms with Gasteiger partial charge < -0.3 is 10.1 Å². The molecule has 2 aromatic rings. The van der Waals surface area contributed by atoms with Crippen LogP contribution in [0.25, 0.3) is 0 Å². The van der Waals surface area contributed by atoms with Crippen molar-refractivity contribution in [2.75, 3.05) is 0 Å². The minimum atomic E-state index is -0.272. The third kappa shape index (κ3) is 1.90. The van der Waals surface area contributed by atoms with Crippen LogP contribution < -0.4 is 10.1 Å². The Morgan fingerprint density at radius 3 is 2.88 bits per heavy atom. The predicted molar refractivity (Wildman–Crippen MR) is 99.5 cm³/mol. The summed E-state index contributed by atoms with van der Waals surface area (Å²) >= 11 is 0. The highest BCUT2D eigenvalue weighted by molar-refractivity contribution is 5.91. The van der Waals surface area contributed by atoms with Gasteiger partial charge in [0.05, 0.1) is 5.56 Å². The predicted octanol–water partition coefficient (Wildman–Crippen LogP) is 4.00. The van der Waals surface area contributed by atoms with Gasteiger partial charge >= 0.3 is 5.97 Å². The average Bonchev–Trinajstić information content (AvgIpc) is 3.29. The highest BCUT2D eigenvalue weighted by atomic mass is 16.5. The van der Waals surface area contributed by atoms with E-state index in [1.165, 1.54) is 43.2 Å². The number of rotatable bonds is 2. The quantitative estimate of drug-likeness (QED) is 0.508. The first-order valence-electron chi connectivity index (χ1n) is 9.89. The Hall–Kier alpha value is -2.13. The van der Waals surface area contributed by atoms with Gasteiger partial charge in [-0.3, -0.25) is 0 Å². The van der Waals surface area contributed by atoms with E-state index in [0.717, 1.165) is 12.3 Å². The molecule has 3 fully saturated rings. The molecule has 4 aliphatic rings. The summed E-state index contributed by atoms with van der Waals surface area (Å²) in [5, 5.41) is 3.83. The fraction of sp³-hybridized carbons (Fsp3) is 0.435. The minimum absolute atomic E-state index is 0.272. The lowest BCUT2D eigenvalue weighted by Crippen LogP contribution is -2.43. The standard InChI is InChI=1S/C23H23NO2/c25-21(15-6-2-1-3-7-15)26-17-10-9-16-13-23-14-22(19(16)12-17)11-5-4-8-18(22)20(23)24-23/h1-3,6-7,9-10,12,18,20,24H,4-5,8,11,13-14H2/t18-,20?,22+,23?/m0/s1. The van der Waals surface area contributed by atoms with Crippen molar-refractivity contribution in [1.29, 1.82) is 0 Å². The Kier molecular flexibility index (Phi) is 2.87. The van der Waals surface area contributed by atoms with Crippen molar-refractivity contribution >= 4 is 5.97 Å². The number of ether oxygens (including phenoxy) is 1. The van der Waals surface area contributed by atoms with E-state index >= 15 is 0 Å². The van der Waals surface area contributed by atoms with E-state index in [9.17, 15) is 4.79 Å². The molecule has 1 saturated heterocycles. The molecule has 0 aromatic heterocycles. The molecule has 3 heteroatoms. The van der Waals surface area contributed by atoms with E-state index in [0.29, 0.717) is 28.3 Å². The molecule has 4 atom stereocenters. The van der Waals surface area contributed by atoms with Crippen LogP contribution in [0.2, 0.25) is 0 Å². The molecule has 26 heavy (non-hydrogen) atoms. The SMILES string of the molecule is O=C(Oc1ccc2c(c1)[C@@]13CCCC[C@H]1C1NC1(C2)C3)c1ccccc1. The third-order valence-electron chi connectivity index (χ3n) is 7.43. The maximum Gasteiger partial charge on any atom is 0.343 e. The van der Waals surface area contributed by atoms with Gasteiger partial charge in [-0.25, -0.2) is 4.79 Å². The molecule has 1 heterocycles. The van der Waals surface area contributed by atoms with Gasteiger partial charge in [-0.15, -0.1) is 0 Å². The summed E-state index contributed by atoms with van der Waals surface area (Å²) in [6.45, 7) is 0. The second-order valence-electron chi connectivity index (χ2n) is 8.71. The van der Waals surface area contributed by atoms with Crippen LogP contribution in [0.4, 0.5) is 0 Å². The number of fused-ring (bicyclic) bond motifs is 2. The molecule has 3 nitrogen and oxygen atoms in total. The molecule has 3 aliphatic carbocycles. The number of benzene rings is 2. The zero-order chi connectivity index (χ0) is 17.4. The lowest BCUT2D eigenvalue weighted by atomic mass is 9.60. The molecular formula is C23H23NO2. The van der Waals surface area contributed by atoms with E-state index in [1.54, 1.807) is 12.1 Å². The van der Waals surface area contributed by atoms with Gasteiger partial charge in [-0.1, -0.05) is 37.1 Å². The molecule has 2 aromatic carbocycles. The summed E-state index contributed by atoms with van der Waals surface area (Å²) in [7, 11) is 0. The number of hydrogen-bond acceptors (Lipinski definition) is 3. The van der Waals surface area contributed by atoms with Crippen LogP contribution in [-0.4, -0.2) is 17.6 Å². The van der Waals surface area contributed by atoms with Crippen LogP contribution in [0, 0.1) is 5.92 Å². The molecular weight excluding hydrogens is 322 g/mol. The second-order valence-corrected chi connectivity index (χ2v) is 8.71. The van der Waals surface area contributed by atoms with Gasteiger partial charge in [0.25, 0.3) is 0 Å². The normalized spacial score (nSPS) is 35.8. The number of nitrogens with one attached hydrogen (secondary N) is 1. The summed E-state index contributed by atoms with van der Waals surface area (Å²) in [5.74, 6) is 1.19. The molecule has 2 bridgehead atoms. The first-order valence-corrected chi connectivity index (χ1v) is 9.89. The number of piperidine rings is 1. The zero-order valence-electron chi connectivity index (χ0n) is 14.8. The lowest BCUT2D eigenvalue weighted by molar-refractivity contribution is 0.0734. The average molecular weight is 345 g/mol. The van der Waals surface area contributed by atoms with E-state index < -0.39 is 0 Å². The maximum atomic E-state index is 12.4. The van der Waals surface area contributed by atoms with E-state index in [-0.39, 0.29) is 5.97 Å². The Labute approximate surface area is 153 Å². The van der Waals surface area contributed by atoms with Gasteiger partial charge in [0.1, 0.15) is 5.75 Å². The first-order chi connectivity index (χ1) is 12.7. The smallest absolute Gasteiger partial charge is 0.343 e. The Morgan fingerprint density at radius 2 is 2.00 bits per heavy atom. The number of esters is 1. The van der Waals surface area contributed by atoms with Crippen LogP contribution in [0.15, 0.2) is 48.5 Å². The molecule has 2 saturated carbocycles. The molecule has 0 radical (unpaired) electrons. The van der Waals surface area contributed by atoms with Crippen LogP contribution in [0.3, 0.4) is 0 Å². The summed E-state index contributed by atoms with van der Waals surface area (Å²) in [4.78, 5) is 12.4. The summed E-state index contributed by atoms with van der Waals surface area (Å²) in [6, 6.07) is 16.3. The summed E-state index contributed by atoms with van der Waals surface area (Å²) in [5.41, 5.74) is 4.24. The molecule has 0 amide bonds. The highest BCUT2D eigenvalue weighted by Gasteiger charge is 2.72. The van der Waals surface area contributed by atoms with Gasteiger partial charge in [-0.05, 0) is 67.0 Å².